The number of alkyl halides is 1. The van der Waals surface area contributed by atoms with Crippen molar-refractivity contribution >= 4 is 82.5 Å². The zero-order valence-corrected chi connectivity index (χ0v) is 66.1. The maximum atomic E-state index is 15.6. The zero-order chi connectivity index (χ0) is 77.3. The first-order valence-electron chi connectivity index (χ1n) is 38.4. The van der Waals surface area contributed by atoms with Gasteiger partial charge < -0.3 is 75.4 Å². The first-order chi connectivity index (χ1) is 48.4. The number of nitrogens with zero attached hydrogens (tertiary/aromatic N) is 8. The number of aliphatic hydroxyl groups excluding tert-OH is 2. The number of carbonyl (C=O) groups is 12. The summed E-state index contributed by atoms with van der Waals surface area (Å²) in [5.41, 5.74) is 0. The van der Waals surface area contributed by atoms with Crippen molar-refractivity contribution in [2.24, 2.45) is 35.5 Å². The Kier molecular flexibility index (Phi) is 37.6. The van der Waals surface area contributed by atoms with Crippen LogP contribution in [0.1, 0.15) is 211 Å². The van der Waals surface area contributed by atoms with Gasteiger partial charge in [0, 0.05) is 67.3 Å². The van der Waals surface area contributed by atoms with Crippen LogP contribution in [0.25, 0.3) is 0 Å². The Hall–Kier alpha value is -6.19. The first kappa shape index (κ1) is 89.2. The fourth-order valence-electron chi connectivity index (χ4n) is 14.5. The fourth-order valence-corrected chi connectivity index (χ4v) is 14.9. The van der Waals surface area contributed by atoms with Crippen molar-refractivity contribution in [3.05, 3.63) is 0 Å². The lowest BCUT2D eigenvalue weighted by molar-refractivity contribution is -0.152. The molecule has 12 amide bonds. The van der Waals surface area contributed by atoms with Gasteiger partial charge in [-0.15, -0.1) is 11.6 Å². The van der Waals surface area contributed by atoms with Gasteiger partial charge in [-0.05, 0) is 120 Å². The third kappa shape index (κ3) is 27.3. The largest absolute Gasteiger partial charge is 0.391 e. The Bertz CT molecular complexity index is 2800. The van der Waals surface area contributed by atoms with Crippen LogP contribution in [-0.4, -0.2) is 280 Å². The molecule has 4 fully saturated rings. The zero-order valence-electron chi connectivity index (χ0n) is 65.3. The van der Waals surface area contributed by atoms with Crippen molar-refractivity contribution in [3.8, 4) is 0 Å². The molecule has 14 atom stereocenters. The van der Waals surface area contributed by atoms with E-state index in [1.54, 1.807) is 11.8 Å². The number of ether oxygens (including phenoxy) is 1. The van der Waals surface area contributed by atoms with Crippen molar-refractivity contribution in [2.75, 3.05) is 88.2 Å². The average molecular weight is 1480 g/mol. The van der Waals surface area contributed by atoms with Gasteiger partial charge in [0.25, 0.3) is 0 Å². The lowest BCUT2D eigenvalue weighted by Crippen LogP contribution is -2.62. The molecule has 0 radical (unpaired) electrons. The van der Waals surface area contributed by atoms with Crippen molar-refractivity contribution in [1.29, 1.82) is 0 Å². The third-order valence-corrected chi connectivity index (χ3v) is 21.7. The lowest BCUT2D eigenvalue weighted by Gasteiger charge is -2.39. The highest BCUT2D eigenvalue weighted by Crippen LogP contribution is 2.34. The number of piperidine rings is 1. The van der Waals surface area contributed by atoms with Gasteiger partial charge in [0.05, 0.1) is 44.9 Å². The van der Waals surface area contributed by atoms with Crippen LogP contribution in [0.3, 0.4) is 0 Å². The van der Waals surface area contributed by atoms with Crippen LogP contribution in [0, 0.1) is 35.5 Å². The van der Waals surface area contributed by atoms with E-state index >= 15 is 43.2 Å². The van der Waals surface area contributed by atoms with Gasteiger partial charge in [-0.2, -0.15) is 0 Å². The smallest absolute Gasteiger partial charge is 0.248 e. The van der Waals surface area contributed by atoms with Gasteiger partial charge in [-0.1, -0.05) is 120 Å². The van der Waals surface area contributed by atoms with Crippen LogP contribution in [0.5, 0.6) is 0 Å². The number of rotatable bonds is 21. The van der Waals surface area contributed by atoms with Crippen LogP contribution in [0.4, 0.5) is 0 Å². The molecular weight excluding hydrogens is 1340 g/mol. The average Bonchev–Trinajstić information content (AvgIpc) is 0.820. The van der Waals surface area contributed by atoms with E-state index in [1.165, 1.54) is 80.6 Å². The number of unbranched alkanes of at least 4 members (excludes halogenated alkanes) is 1. The Morgan fingerprint density at radius 2 is 1.01 bits per heavy atom. The second-order valence-corrected chi connectivity index (χ2v) is 32.1. The van der Waals surface area contributed by atoms with Crippen LogP contribution < -0.4 is 21.3 Å². The molecule has 0 aromatic heterocycles. The minimum Gasteiger partial charge on any atom is -0.391 e. The summed E-state index contributed by atoms with van der Waals surface area (Å²) in [4.78, 5) is 191. The predicted octanol–water partition coefficient (Wildman–Crippen LogP) is 4.68. The van der Waals surface area contributed by atoms with Crippen LogP contribution in [-0.2, 0) is 62.3 Å². The van der Waals surface area contributed by atoms with Gasteiger partial charge >= 0.3 is 0 Å². The number of likely N-dealkylation sites (N-methyl/N-ethyl adjacent to an activating group) is 6. The van der Waals surface area contributed by atoms with Crippen LogP contribution in [0.15, 0.2) is 0 Å². The van der Waals surface area contributed by atoms with E-state index in [0.29, 0.717) is 58.0 Å². The summed E-state index contributed by atoms with van der Waals surface area (Å²) in [6.07, 6.45) is 8.07. The number of hydrogen-bond donors (Lipinski definition) is 6. The standard InChI is InChI=1S/C75H131ClN12O15/c1-18-20-32-88-43-64(93)83(14)61(40-53-30-27-31-54(76)38-53)73(100)85(16)58(36-47(5)6)68(95)78-56(45-103-44-50(10)89)71(98)84(15)57(35-46(3)4)67(94)77-55(72(99)87-33-25-22-26-34-87)41-62(91)81(12)42-63(92)82(13)60(39-52-28-23-21-24-29-52)70(97)79-65(49(9)19-2)74(101)86(17)59(37-48(7)8)69(96)80-66(51(11)90)75(88)102/h46-61,65-66,89-90H,18-45H2,1-17H3,(H,77,94)(H,78,95)(H,79,97)(H,80,96)/t49-,50+,51+,53?,54?,55-,56-,57-,58-,59-,60-,61-,65-,66-/m0/s1. The molecule has 28 heteroatoms. The van der Waals surface area contributed by atoms with Gasteiger partial charge in [-0.25, -0.2) is 0 Å². The molecule has 6 N–H and O–H groups in total. The predicted molar refractivity (Wildman–Crippen MR) is 394 cm³/mol. The van der Waals surface area contributed by atoms with E-state index in [2.05, 4.69) is 21.3 Å². The molecule has 2 aliphatic heterocycles. The van der Waals surface area contributed by atoms with E-state index in [0.717, 1.165) is 61.2 Å². The van der Waals surface area contributed by atoms with Gasteiger partial charge in [-0.3, -0.25) is 57.5 Å². The topological polar surface area (TPSA) is 329 Å². The number of carbonyl (C=O) groups excluding carboxylic acids is 12. The van der Waals surface area contributed by atoms with Gasteiger partial charge in [0.1, 0.15) is 54.4 Å². The van der Waals surface area contributed by atoms with Gasteiger partial charge in [0.2, 0.25) is 70.9 Å². The fraction of sp³-hybridized carbons (Fsp3) is 0.840. The maximum Gasteiger partial charge on any atom is 0.248 e. The molecule has 2 saturated heterocycles. The van der Waals surface area contributed by atoms with Crippen molar-refractivity contribution < 1.29 is 72.5 Å². The Morgan fingerprint density at radius 3 is 1.54 bits per heavy atom. The normalized spacial score (nSPS) is 28.0. The molecule has 0 spiro atoms. The molecule has 588 valence electrons. The molecule has 2 heterocycles. The summed E-state index contributed by atoms with van der Waals surface area (Å²) in [5.74, 6) is -9.78. The number of likely N-dealkylation sites (tertiary alicyclic amines) is 1. The summed E-state index contributed by atoms with van der Waals surface area (Å²) in [6, 6.07) is -12.2. The summed E-state index contributed by atoms with van der Waals surface area (Å²) in [7, 11) is 8.55. The van der Waals surface area contributed by atoms with Crippen LogP contribution in [0.2, 0.25) is 0 Å². The monoisotopic (exact) mass is 1470 g/mol. The minimum atomic E-state index is -1.65. The van der Waals surface area contributed by atoms with E-state index in [1.807, 2.05) is 55.4 Å². The highest BCUT2D eigenvalue weighted by molar-refractivity contribution is 6.20. The number of halogens is 1. The minimum absolute atomic E-state index is 0.00101. The molecule has 2 unspecified atom stereocenters. The molecule has 27 nitrogen and oxygen atoms in total. The van der Waals surface area contributed by atoms with Crippen LogP contribution >= 0.6 is 11.6 Å². The third-order valence-electron chi connectivity index (χ3n) is 21.3. The molecule has 4 rings (SSSR count). The Labute approximate surface area is 619 Å². The Morgan fingerprint density at radius 1 is 0.524 bits per heavy atom. The van der Waals surface area contributed by atoms with E-state index in [9.17, 15) is 24.6 Å². The SMILES string of the molecule is CCCCN1CC(=O)N(C)[C@@H](CC2CCCC(Cl)C2)C(=O)N(C)[C@@H](CC(C)C)C(=O)N[C@@H](COC[C@@H](C)O)C(=O)N(C)[C@@H](CC(C)C)C(=O)N[C@H](C(=O)N2CCCCC2)CC(=O)N(C)CC(=O)N(C)[C@@H](CC2CCCCC2)C(=O)N[C@@H]([C@@H](C)CC)C(=O)N(C)[C@@H](CC(C)C)C(=O)N[C@@H]([C@@H](C)O)C1=O. The van der Waals surface area contributed by atoms with E-state index < -0.39 is 170 Å². The number of amides is 12. The summed E-state index contributed by atoms with van der Waals surface area (Å²) in [6.45, 7) is 18.2. The molecular formula is C75H131ClN12O15. The quantitative estimate of drug-likeness (QED) is 0.0850. The molecule has 0 bridgehead atoms. The highest BCUT2D eigenvalue weighted by atomic mass is 35.5. The summed E-state index contributed by atoms with van der Waals surface area (Å²) < 4.78 is 5.86. The second-order valence-electron chi connectivity index (χ2n) is 31.5. The molecule has 2 saturated carbocycles. The highest BCUT2D eigenvalue weighted by Gasteiger charge is 2.45. The lowest BCUT2D eigenvalue weighted by atomic mass is 9.83. The first-order valence-corrected chi connectivity index (χ1v) is 38.8. The second kappa shape index (κ2) is 43.4. The molecule has 0 aromatic rings. The summed E-state index contributed by atoms with van der Waals surface area (Å²) in [5, 5.41) is 33.1. The van der Waals surface area contributed by atoms with Crippen molar-refractivity contribution in [1.82, 2.24) is 60.5 Å². The molecule has 103 heavy (non-hydrogen) atoms. The number of hydrogen-bond acceptors (Lipinski definition) is 15. The summed E-state index contributed by atoms with van der Waals surface area (Å²) >= 11 is 6.78. The molecule has 0 aromatic carbocycles. The van der Waals surface area contributed by atoms with Crippen molar-refractivity contribution in [2.45, 2.75) is 283 Å². The molecule has 4 aliphatic rings. The number of aliphatic hydroxyl groups is 2. The van der Waals surface area contributed by atoms with Gasteiger partial charge in [0.15, 0.2) is 0 Å². The Balaban J connectivity index is 1.99. The molecule has 2 aliphatic carbocycles. The van der Waals surface area contributed by atoms with Crippen molar-refractivity contribution in [3.63, 3.8) is 0 Å². The number of nitrogens with one attached hydrogen (secondary N) is 4. The van der Waals surface area contributed by atoms with E-state index in [-0.39, 0.29) is 80.2 Å². The van der Waals surface area contributed by atoms with E-state index in [4.69, 9.17) is 16.3 Å². The maximum absolute atomic E-state index is 15.6.